The molecule has 2 N–H and O–H groups in total. The van der Waals surface area contributed by atoms with Crippen molar-refractivity contribution in [2.75, 3.05) is 19.7 Å². The lowest BCUT2D eigenvalue weighted by atomic mass is 10.2. The molecule has 0 spiro atoms. The van der Waals surface area contributed by atoms with Gasteiger partial charge in [-0.25, -0.2) is 0 Å². The number of aliphatic hydroxyl groups excluding tert-OH is 1. The molecule has 1 aromatic carbocycles. The summed E-state index contributed by atoms with van der Waals surface area (Å²) < 4.78 is 6.54. The number of rotatable bonds is 8. The van der Waals surface area contributed by atoms with Gasteiger partial charge in [-0.05, 0) is 58.4 Å². The predicted octanol–water partition coefficient (Wildman–Crippen LogP) is 3.39. The third-order valence-corrected chi connectivity index (χ3v) is 4.58. The zero-order valence-electron chi connectivity index (χ0n) is 12.0. The zero-order valence-corrected chi connectivity index (χ0v) is 14.4. The van der Waals surface area contributed by atoms with Crippen LogP contribution in [0.1, 0.15) is 10.4 Å². The van der Waals surface area contributed by atoms with Crippen LogP contribution in [-0.4, -0.2) is 30.9 Å². The van der Waals surface area contributed by atoms with E-state index in [1.807, 2.05) is 25.1 Å². The molecular weight excluding hydrogens is 350 g/mol. The molecule has 1 unspecified atom stereocenters. The third-order valence-electron chi connectivity index (χ3n) is 3.03. The average Bonchev–Trinajstić information content (AvgIpc) is 2.96. The van der Waals surface area contributed by atoms with Crippen LogP contribution in [0, 0.1) is 6.92 Å². The van der Waals surface area contributed by atoms with E-state index in [9.17, 15) is 5.11 Å². The highest BCUT2D eigenvalue weighted by Gasteiger charge is 2.07. The quantitative estimate of drug-likeness (QED) is 0.700. The zero-order chi connectivity index (χ0) is 15.1. The Balaban J connectivity index is 1.64. The van der Waals surface area contributed by atoms with Gasteiger partial charge in [-0.1, -0.05) is 12.1 Å². The van der Waals surface area contributed by atoms with Crippen LogP contribution in [0.25, 0.3) is 0 Å². The molecule has 0 aliphatic carbocycles. The van der Waals surface area contributed by atoms with Gasteiger partial charge in [0.05, 0.1) is 4.47 Å². The van der Waals surface area contributed by atoms with Gasteiger partial charge in [0.15, 0.2) is 0 Å². The fourth-order valence-electron chi connectivity index (χ4n) is 1.90. The van der Waals surface area contributed by atoms with Gasteiger partial charge in [-0.3, -0.25) is 0 Å². The lowest BCUT2D eigenvalue weighted by molar-refractivity contribution is 0.106. The normalized spacial score (nSPS) is 12.3. The topological polar surface area (TPSA) is 41.5 Å². The summed E-state index contributed by atoms with van der Waals surface area (Å²) in [5, 5.41) is 15.2. The van der Waals surface area contributed by atoms with Crippen molar-refractivity contribution in [1.82, 2.24) is 5.32 Å². The maximum absolute atomic E-state index is 9.91. The van der Waals surface area contributed by atoms with Gasteiger partial charge < -0.3 is 15.2 Å². The molecule has 0 aliphatic rings. The van der Waals surface area contributed by atoms with Gasteiger partial charge in [-0.15, -0.1) is 11.3 Å². The first kappa shape index (κ1) is 16.5. The van der Waals surface area contributed by atoms with Gasteiger partial charge in [0, 0.05) is 18.0 Å². The SMILES string of the molecule is Cc1ccc(OCC(O)CNCCc2cccs2)c(Br)c1. The largest absolute Gasteiger partial charge is 0.490 e. The van der Waals surface area contributed by atoms with E-state index < -0.39 is 6.10 Å². The summed E-state index contributed by atoms with van der Waals surface area (Å²) in [6, 6.07) is 10.1. The molecule has 21 heavy (non-hydrogen) atoms. The molecule has 0 aliphatic heterocycles. The van der Waals surface area contributed by atoms with Gasteiger partial charge in [0.1, 0.15) is 18.5 Å². The Hall–Kier alpha value is -0.880. The number of aryl methyl sites for hydroxylation is 1. The predicted molar refractivity (Wildman–Crippen MR) is 91.3 cm³/mol. The van der Waals surface area contributed by atoms with E-state index >= 15 is 0 Å². The number of hydrogen-bond acceptors (Lipinski definition) is 4. The monoisotopic (exact) mass is 369 g/mol. The lowest BCUT2D eigenvalue weighted by Crippen LogP contribution is -2.32. The maximum atomic E-state index is 9.91. The summed E-state index contributed by atoms with van der Waals surface area (Å²) in [5.74, 6) is 0.762. The molecule has 1 heterocycles. The summed E-state index contributed by atoms with van der Waals surface area (Å²) >= 11 is 5.22. The molecule has 0 saturated carbocycles. The van der Waals surface area contributed by atoms with Gasteiger partial charge in [0.2, 0.25) is 0 Å². The van der Waals surface area contributed by atoms with Crippen molar-refractivity contribution in [3.63, 3.8) is 0 Å². The number of thiophene rings is 1. The summed E-state index contributed by atoms with van der Waals surface area (Å²) in [5.41, 5.74) is 1.17. The van der Waals surface area contributed by atoms with Crippen molar-refractivity contribution >= 4 is 27.3 Å². The highest BCUT2D eigenvalue weighted by atomic mass is 79.9. The van der Waals surface area contributed by atoms with Crippen LogP contribution >= 0.6 is 27.3 Å². The summed E-state index contributed by atoms with van der Waals surface area (Å²) in [4.78, 5) is 1.36. The van der Waals surface area contributed by atoms with E-state index in [-0.39, 0.29) is 6.61 Å². The Morgan fingerprint density at radius 3 is 2.95 bits per heavy atom. The fraction of sp³-hybridized carbons (Fsp3) is 0.375. The number of halogens is 1. The van der Waals surface area contributed by atoms with Crippen LogP contribution in [0.2, 0.25) is 0 Å². The van der Waals surface area contributed by atoms with E-state index in [4.69, 9.17) is 4.74 Å². The molecule has 2 rings (SSSR count). The van der Waals surface area contributed by atoms with Crippen molar-refractivity contribution < 1.29 is 9.84 Å². The molecule has 1 aromatic heterocycles. The van der Waals surface area contributed by atoms with Crippen molar-refractivity contribution in [1.29, 1.82) is 0 Å². The molecule has 0 fully saturated rings. The highest BCUT2D eigenvalue weighted by Crippen LogP contribution is 2.25. The Bertz CT molecular complexity index is 545. The first-order valence-corrected chi connectivity index (χ1v) is 8.62. The second-order valence-electron chi connectivity index (χ2n) is 4.93. The molecule has 1 atom stereocenters. The van der Waals surface area contributed by atoms with Gasteiger partial charge in [0.25, 0.3) is 0 Å². The van der Waals surface area contributed by atoms with Crippen LogP contribution in [0.15, 0.2) is 40.2 Å². The van der Waals surface area contributed by atoms with E-state index in [1.165, 1.54) is 10.4 Å². The molecule has 5 heteroatoms. The van der Waals surface area contributed by atoms with Gasteiger partial charge >= 0.3 is 0 Å². The van der Waals surface area contributed by atoms with Crippen molar-refractivity contribution in [3.8, 4) is 5.75 Å². The first-order valence-electron chi connectivity index (χ1n) is 6.95. The van der Waals surface area contributed by atoms with E-state index in [1.54, 1.807) is 11.3 Å². The molecule has 0 radical (unpaired) electrons. The first-order chi connectivity index (χ1) is 10.1. The molecule has 0 bridgehead atoms. The number of ether oxygens (including phenoxy) is 1. The Morgan fingerprint density at radius 2 is 2.24 bits per heavy atom. The maximum Gasteiger partial charge on any atom is 0.133 e. The fourth-order valence-corrected chi connectivity index (χ4v) is 3.22. The summed E-state index contributed by atoms with van der Waals surface area (Å²) in [6.07, 6.45) is 0.482. The molecule has 0 saturated heterocycles. The standard InChI is InChI=1S/C16H20BrNO2S/c1-12-4-5-16(15(17)9-12)20-11-13(19)10-18-7-6-14-3-2-8-21-14/h2-5,8-9,13,18-19H,6-7,10-11H2,1H3. The number of nitrogens with one attached hydrogen (secondary N) is 1. The smallest absolute Gasteiger partial charge is 0.133 e. The van der Waals surface area contributed by atoms with E-state index in [0.717, 1.165) is 23.2 Å². The van der Waals surface area contributed by atoms with Crippen molar-refractivity contribution in [3.05, 3.63) is 50.6 Å². The van der Waals surface area contributed by atoms with Crippen molar-refractivity contribution in [2.24, 2.45) is 0 Å². The number of hydrogen-bond donors (Lipinski definition) is 2. The second-order valence-corrected chi connectivity index (χ2v) is 6.82. The Labute approximate surface area is 138 Å². The van der Waals surface area contributed by atoms with E-state index in [0.29, 0.717) is 6.54 Å². The Morgan fingerprint density at radius 1 is 1.38 bits per heavy atom. The second kappa shape index (κ2) is 8.54. The minimum absolute atomic E-state index is 0.285. The lowest BCUT2D eigenvalue weighted by Gasteiger charge is -2.14. The molecule has 3 nitrogen and oxygen atoms in total. The van der Waals surface area contributed by atoms with Crippen LogP contribution in [0.5, 0.6) is 5.75 Å². The molecule has 114 valence electrons. The average molecular weight is 370 g/mol. The highest BCUT2D eigenvalue weighted by molar-refractivity contribution is 9.10. The number of benzene rings is 1. The molecule has 0 amide bonds. The van der Waals surface area contributed by atoms with Crippen molar-refractivity contribution in [2.45, 2.75) is 19.4 Å². The van der Waals surface area contributed by atoms with Gasteiger partial charge in [-0.2, -0.15) is 0 Å². The molecule has 2 aromatic rings. The van der Waals surface area contributed by atoms with E-state index in [2.05, 4.69) is 38.8 Å². The van der Waals surface area contributed by atoms with Crippen LogP contribution in [0.3, 0.4) is 0 Å². The summed E-state index contributed by atoms with van der Waals surface area (Å²) in [6.45, 7) is 3.72. The number of aliphatic hydroxyl groups is 1. The minimum Gasteiger partial charge on any atom is -0.490 e. The Kier molecular flexibility index (Phi) is 6.70. The van der Waals surface area contributed by atoms with Crippen LogP contribution in [-0.2, 0) is 6.42 Å². The van der Waals surface area contributed by atoms with Crippen LogP contribution in [0.4, 0.5) is 0 Å². The van der Waals surface area contributed by atoms with Crippen LogP contribution < -0.4 is 10.1 Å². The summed E-state index contributed by atoms with van der Waals surface area (Å²) in [7, 11) is 0. The third kappa shape index (κ3) is 5.79. The molecular formula is C16H20BrNO2S. The minimum atomic E-state index is -0.512.